The van der Waals surface area contributed by atoms with Gasteiger partial charge in [0.2, 0.25) is 0 Å². The lowest BCUT2D eigenvalue weighted by Gasteiger charge is -2.59. The summed E-state index contributed by atoms with van der Waals surface area (Å²) < 4.78 is 4.89. The Morgan fingerprint density at radius 3 is 2.67 bits per heavy atom. The molecule has 0 amide bonds. The lowest BCUT2D eigenvalue weighted by atomic mass is 9.46. The number of allylic oxidation sites excluding steroid dienone is 1. The van der Waals surface area contributed by atoms with Crippen molar-refractivity contribution in [3.8, 4) is 0 Å². The normalized spacial score (nSPS) is 48.9. The summed E-state index contributed by atoms with van der Waals surface area (Å²) in [6.07, 6.45) is 13.5. The fourth-order valence-electron chi connectivity index (χ4n) is 7.78. The van der Waals surface area contributed by atoms with Crippen molar-refractivity contribution in [2.75, 3.05) is 7.11 Å². The molecule has 152 valence electrons. The van der Waals surface area contributed by atoms with Crippen LogP contribution < -0.4 is 0 Å². The molecule has 3 saturated carbocycles. The molecule has 0 spiro atoms. The van der Waals surface area contributed by atoms with Crippen molar-refractivity contribution < 1.29 is 14.6 Å². The number of esters is 1. The molecule has 0 aromatic heterocycles. The second-order valence-corrected chi connectivity index (χ2v) is 10.9. The molecule has 0 aromatic carbocycles. The molecule has 3 heteroatoms. The number of methoxy groups -OCH3 is 1. The van der Waals surface area contributed by atoms with E-state index >= 15 is 0 Å². The van der Waals surface area contributed by atoms with Gasteiger partial charge in [-0.15, -0.1) is 0 Å². The van der Waals surface area contributed by atoms with E-state index in [-0.39, 0.29) is 5.97 Å². The van der Waals surface area contributed by atoms with Gasteiger partial charge in [-0.25, -0.2) is 0 Å². The van der Waals surface area contributed by atoms with Gasteiger partial charge in [0.1, 0.15) is 0 Å². The zero-order valence-corrected chi connectivity index (χ0v) is 17.7. The minimum Gasteiger partial charge on any atom is -0.469 e. The Hall–Kier alpha value is -0.830. The highest BCUT2D eigenvalue weighted by Gasteiger charge is 2.58. The maximum absolute atomic E-state index is 11.7. The maximum Gasteiger partial charge on any atom is 0.305 e. The molecule has 4 aliphatic rings. The molecule has 4 aliphatic carbocycles. The smallest absolute Gasteiger partial charge is 0.305 e. The Morgan fingerprint density at radius 1 is 1.15 bits per heavy atom. The molecule has 0 aromatic rings. The molecule has 0 aliphatic heterocycles. The van der Waals surface area contributed by atoms with Gasteiger partial charge in [0.25, 0.3) is 0 Å². The predicted octanol–water partition coefficient (Wildman–Crippen LogP) is 5.27. The van der Waals surface area contributed by atoms with Crippen LogP contribution in [0.2, 0.25) is 0 Å². The monoisotopic (exact) mass is 374 g/mol. The Balaban J connectivity index is 1.54. The number of aliphatic hydroxyl groups is 1. The van der Waals surface area contributed by atoms with E-state index in [0.717, 1.165) is 43.4 Å². The molecule has 0 unspecified atom stereocenters. The largest absolute Gasteiger partial charge is 0.469 e. The summed E-state index contributed by atoms with van der Waals surface area (Å²) in [5.74, 6) is 3.00. The van der Waals surface area contributed by atoms with Crippen molar-refractivity contribution in [3.63, 3.8) is 0 Å². The highest BCUT2D eigenvalue weighted by atomic mass is 16.5. The summed E-state index contributed by atoms with van der Waals surface area (Å²) in [5, 5.41) is 10.6. The molecule has 0 saturated heterocycles. The van der Waals surface area contributed by atoms with Crippen LogP contribution in [0.15, 0.2) is 11.6 Å². The molecule has 4 rings (SSSR count). The molecule has 7 atom stereocenters. The Kier molecular flexibility index (Phi) is 4.77. The van der Waals surface area contributed by atoms with Gasteiger partial charge in [-0.1, -0.05) is 25.5 Å². The fourth-order valence-corrected chi connectivity index (χ4v) is 7.78. The van der Waals surface area contributed by atoms with Gasteiger partial charge in [-0.3, -0.25) is 4.79 Å². The molecule has 0 bridgehead atoms. The van der Waals surface area contributed by atoms with Gasteiger partial charge < -0.3 is 9.84 Å². The fraction of sp³-hybridized carbons (Fsp3) is 0.875. The predicted molar refractivity (Wildman–Crippen MR) is 107 cm³/mol. The Bertz CT molecular complexity index is 636. The van der Waals surface area contributed by atoms with Crippen molar-refractivity contribution in [1.82, 2.24) is 0 Å². The van der Waals surface area contributed by atoms with Crippen LogP contribution in [-0.4, -0.2) is 23.8 Å². The molecule has 1 N–H and O–H groups in total. The molecule has 0 heterocycles. The average Bonchev–Trinajstić information content (AvgIpc) is 2.96. The third kappa shape index (κ3) is 3.09. The number of rotatable bonds is 3. The van der Waals surface area contributed by atoms with E-state index in [1.807, 2.05) is 6.92 Å². The van der Waals surface area contributed by atoms with Gasteiger partial charge in [0.15, 0.2) is 0 Å². The van der Waals surface area contributed by atoms with Crippen LogP contribution in [0, 0.1) is 34.5 Å². The molecule has 3 nitrogen and oxygen atoms in total. The third-order valence-electron chi connectivity index (χ3n) is 9.50. The summed E-state index contributed by atoms with van der Waals surface area (Å²) >= 11 is 0. The second-order valence-electron chi connectivity index (χ2n) is 10.9. The summed E-state index contributed by atoms with van der Waals surface area (Å²) in [5.41, 5.74) is 1.74. The van der Waals surface area contributed by atoms with E-state index in [1.54, 1.807) is 5.57 Å². The SMILES string of the molecule is COC(=O)CC[C@H]1CC[C@H]2[C@@H]3CC=C4C[C@@](C)(O)CC[C@]4(C)[C@H]3CC[C@]12C. The third-order valence-corrected chi connectivity index (χ3v) is 9.50. The van der Waals surface area contributed by atoms with Crippen LogP contribution in [0.5, 0.6) is 0 Å². The first-order valence-electron chi connectivity index (χ1n) is 11.2. The number of hydrogen-bond acceptors (Lipinski definition) is 3. The molecular formula is C24H38O3. The summed E-state index contributed by atoms with van der Waals surface area (Å²) in [6, 6.07) is 0. The highest BCUT2D eigenvalue weighted by Crippen LogP contribution is 2.67. The lowest BCUT2D eigenvalue weighted by Crippen LogP contribution is -2.51. The van der Waals surface area contributed by atoms with Crippen molar-refractivity contribution >= 4 is 5.97 Å². The summed E-state index contributed by atoms with van der Waals surface area (Å²) in [6.45, 7) is 7.04. The van der Waals surface area contributed by atoms with Crippen LogP contribution in [-0.2, 0) is 9.53 Å². The quantitative estimate of drug-likeness (QED) is 0.541. The topological polar surface area (TPSA) is 46.5 Å². The zero-order valence-electron chi connectivity index (χ0n) is 17.7. The van der Waals surface area contributed by atoms with E-state index in [2.05, 4.69) is 19.9 Å². The highest BCUT2D eigenvalue weighted by molar-refractivity contribution is 5.69. The Morgan fingerprint density at radius 2 is 1.93 bits per heavy atom. The van der Waals surface area contributed by atoms with E-state index in [4.69, 9.17) is 4.74 Å². The van der Waals surface area contributed by atoms with E-state index in [0.29, 0.717) is 23.2 Å². The van der Waals surface area contributed by atoms with Gasteiger partial charge in [-0.05, 0) is 99.2 Å². The van der Waals surface area contributed by atoms with Crippen molar-refractivity contribution in [2.24, 2.45) is 34.5 Å². The number of carbonyl (C=O) groups is 1. The molecule has 3 fully saturated rings. The Labute approximate surface area is 164 Å². The summed E-state index contributed by atoms with van der Waals surface area (Å²) in [7, 11) is 1.50. The van der Waals surface area contributed by atoms with Crippen molar-refractivity contribution in [2.45, 2.75) is 90.6 Å². The first kappa shape index (κ1) is 19.5. The molecular weight excluding hydrogens is 336 g/mol. The van der Waals surface area contributed by atoms with Crippen molar-refractivity contribution in [1.29, 1.82) is 0 Å². The zero-order chi connectivity index (χ0) is 19.4. The first-order chi connectivity index (χ1) is 12.7. The van der Waals surface area contributed by atoms with Crippen LogP contribution in [0.4, 0.5) is 0 Å². The van der Waals surface area contributed by atoms with E-state index in [9.17, 15) is 9.90 Å². The van der Waals surface area contributed by atoms with Crippen LogP contribution >= 0.6 is 0 Å². The molecule has 0 radical (unpaired) electrons. The van der Waals surface area contributed by atoms with E-state index in [1.165, 1.54) is 39.2 Å². The minimum absolute atomic E-state index is 0.0530. The molecule has 27 heavy (non-hydrogen) atoms. The lowest BCUT2D eigenvalue weighted by molar-refractivity contribution is -0.141. The van der Waals surface area contributed by atoms with Gasteiger partial charge in [-0.2, -0.15) is 0 Å². The number of ether oxygens (including phenoxy) is 1. The number of fused-ring (bicyclic) bond motifs is 5. The maximum atomic E-state index is 11.7. The van der Waals surface area contributed by atoms with Gasteiger partial charge in [0, 0.05) is 6.42 Å². The van der Waals surface area contributed by atoms with Crippen LogP contribution in [0.3, 0.4) is 0 Å². The first-order valence-corrected chi connectivity index (χ1v) is 11.2. The van der Waals surface area contributed by atoms with Gasteiger partial charge >= 0.3 is 5.97 Å². The standard InChI is InChI=1S/C24H38O3/c1-22(26)13-14-24(3)17(15-22)5-8-18-19-9-6-16(7-10-21(25)27-4)23(19,2)12-11-20(18)24/h5,16,18-20,26H,6-15H2,1-4H3/t16-,18+,19+,20+,22+,23-,24+/m1/s1. The summed E-state index contributed by atoms with van der Waals surface area (Å²) in [4.78, 5) is 11.7. The second kappa shape index (κ2) is 6.61. The van der Waals surface area contributed by atoms with Crippen LogP contribution in [0.1, 0.15) is 85.0 Å². The minimum atomic E-state index is -0.506. The number of carbonyl (C=O) groups excluding carboxylic acids is 1. The van der Waals surface area contributed by atoms with Gasteiger partial charge in [0.05, 0.1) is 12.7 Å². The van der Waals surface area contributed by atoms with E-state index < -0.39 is 5.60 Å². The number of hydrogen-bond donors (Lipinski definition) is 1. The van der Waals surface area contributed by atoms with Crippen LogP contribution in [0.25, 0.3) is 0 Å². The van der Waals surface area contributed by atoms with Crippen molar-refractivity contribution in [3.05, 3.63) is 11.6 Å². The average molecular weight is 375 g/mol.